The summed E-state index contributed by atoms with van der Waals surface area (Å²) in [7, 11) is 0. The third-order valence-electron chi connectivity index (χ3n) is 3.16. The fourth-order valence-corrected chi connectivity index (χ4v) is 2.71. The third kappa shape index (κ3) is 7.03. The molecule has 0 atom stereocenters. The lowest BCUT2D eigenvalue weighted by molar-refractivity contribution is -0.121. The highest BCUT2D eigenvalue weighted by Gasteiger charge is 2.18. The van der Waals surface area contributed by atoms with Gasteiger partial charge in [0.15, 0.2) is 11.5 Å². The van der Waals surface area contributed by atoms with E-state index in [1.54, 1.807) is 23.9 Å². The van der Waals surface area contributed by atoms with Crippen molar-refractivity contribution in [1.82, 2.24) is 10.9 Å². The smallest absolute Gasteiger partial charge is 0.269 e. The zero-order chi connectivity index (χ0) is 19.4. The maximum Gasteiger partial charge on any atom is 0.269 e. The van der Waals surface area contributed by atoms with Gasteiger partial charge in [-0.15, -0.1) is 0 Å². The molecular weight excluding hydrogens is 356 g/mol. The molecule has 1 rings (SSSR count). The predicted molar refractivity (Wildman–Crippen MR) is 103 cm³/mol. The van der Waals surface area contributed by atoms with E-state index in [1.165, 1.54) is 0 Å². The Morgan fingerprint density at radius 3 is 2.00 bits per heavy atom. The molecule has 2 amide bonds. The molecule has 0 aliphatic heterocycles. The van der Waals surface area contributed by atoms with Crippen LogP contribution in [0.1, 0.15) is 44.5 Å². The summed E-state index contributed by atoms with van der Waals surface area (Å²) in [5.74, 6) is 2.29. The highest BCUT2D eigenvalue weighted by molar-refractivity contribution is 7.99. The summed E-state index contributed by atoms with van der Waals surface area (Å²) in [6.07, 6.45) is 0.344. The van der Waals surface area contributed by atoms with Crippen LogP contribution in [0.2, 0.25) is 0 Å². The van der Waals surface area contributed by atoms with Gasteiger partial charge in [-0.2, -0.15) is 11.8 Å². The topological polar surface area (TPSA) is 85.9 Å². The third-order valence-corrected chi connectivity index (χ3v) is 4.07. The number of benzene rings is 1. The van der Waals surface area contributed by atoms with Crippen LogP contribution in [-0.4, -0.2) is 43.1 Å². The molecular formula is C18H28N2O5S. The quantitative estimate of drug-likeness (QED) is 0.451. The van der Waals surface area contributed by atoms with Gasteiger partial charge in [0, 0.05) is 17.7 Å². The molecule has 146 valence electrons. The number of hydrogen-bond acceptors (Lipinski definition) is 6. The zero-order valence-electron chi connectivity index (χ0n) is 15.8. The van der Waals surface area contributed by atoms with Gasteiger partial charge in [-0.1, -0.05) is 6.92 Å². The molecule has 0 saturated heterocycles. The summed E-state index contributed by atoms with van der Waals surface area (Å²) < 4.78 is 16.8. The average molecular weight is 384 g/mol. The molecule has 0 bridgehead atoms. The fourth-order valence-electron chi connectivity index (χ4n) is 2.09. The predicted octanol–water partition coefficient (Wildman–Crippen LogP) is 2.79. The molecule has 0 spiro atoms. The molecule has 1 aromatic carbocycles. The Bertz CT molecular complexity index is 568. The molecule has 0 aromatic heterocycles. The number of carbonyl (C=O) groups excluding carboxylic acids is 2. The van der Waals surface area contributed by atoms with Crippen molar-refractivity contribution in [1.29, 1.82) is 0 Å². The van der Waals surface area contributed by atoms with Crippen molar-refractivity contribution in [3.8, 4) is 17.2 Å². The van der Waals surface area contributed by atoms with Crippen molar-refractivity contribution in [2.24, 2.45) is 0 Å². The van der Waals surface area contributed by atoms with Crippen molar-refractivity contribution in [2.45, 2.75) is 34.1 Å². The SMILES string of the molecule is CCOc1cc(C(=O)NNC(=O)CCSCC)cc(OCC)c1OCC. The molecule has 26 heavy (non-hydrogen) atoms. The lowest BCUT2D eigenvalue weighted by Crippen LogP contribution is -2.41. The second-order valence-corrected chi connectivity index (χ2v) is 6.44. The van der Waals surface area contributed by atoms with Crippen molar-refractivity contribution in [3.05, 3.63) is 17.7 Å². The van der Waals surface area contributed by atoms with Crippen molar-refractivity contribution in [3.63, 3.8) is 0 Å². The molecule has 0 unspecified atom stereocenters. The second kappa shape index (κ2) is 12.3. The van der Waals surface area contributed by atoms with Gasteiger partial charge in [-0.3, -0.25) is 20.4 Å². The Hall–Kier alpha value is -2.09. The zero-order valence-corrected chi connectivity index (χ0v) is 16.7. The van der Waals surface area contributed by atoms with Crippen molar-refractivity contribution >= 4 is 23.6 Å². The summed E-state index contributed by atoms with van der Waals surface area (Å²) in [5.41, 5.74) is 5.14. The van der Waals surface area contributed by atoms with E-state index in [-0.39, 0.29) is 5.91 Å². The van der Waals surface area contributed by atoms with Crippen molar-refractivity contribution in [2.75, 3.05) is 31.3 Å². The van der Waals surface area contributed by atoms with Crippen LogP contribution in [0.15, 0.2) is 12.1 Å². The molecule has 1 aromatic rings. The van der Waals surface area contributed by atoms with Gasteiger partial charge in [-0.25, -0.2) is 0 Å². The van der Waals surface area contributed by atoms with Crippen LogP contribution in [0.3, 0.4) is 0 Å². The van der Waals surface area contributed by atoms with Gasteiger partial charge < -0.3 is 14.2 Å². The van der Waals surface area contributed by atoms with Crippen LogP contribution >= 0.6 is 11.8 Å². The summed E-state index contributed by atoms with van der Waals surface area (Å²) in [6, 6.07) is 3.15. The van der Waals surface area contributed by atoms with Crippen LogP contribution in [0.25, 0.3) is 0 Å². The second-order valence-electron chi connectivity index (χ2n) is 5.05. The monoisotopic (exact) mass is 384 g/mol. The molecule has 7 nitrogen and oxygen atoms in total. The number of nitrogens with one attached hydrogen (secondary N) is 2. The van der Waals surface area contributed by atoms with E-state index in [4.69, 9.17) is 14.2 Å². The minimum atomic E-state index is -0.452. The lowest BCUT2D eigenvalue weighted by Gasteiger charge is -2.17. The fraction of sp³-hybridized carbons (Fsp3) is 0.556. The largest absolute Gasteiger partial charge is 0.490 e. The van der Waals surface area contributed by atoms with Crippen LogP contribution < -0.4 is 25.1 Å². The normalized spacial score (nSPS) is 10.2. The van der Waals surface area contributed by atoms with Gasteiger partial charge in [0.1, 0.15) is 0 Å². The summed E-state index contributed by atoms with van der Waals surface area (Å²) in [6.45, 7) is 8.86. The Morgan fingerprint density at radius 2 is 1.50 bits per heavy atom. The van der Waals surface area contributed by atoms with Crippen LogP contribution in [0.5, 0.6) is 17.2 Å². The minimum absolute atomic E-state index is 0.236. The van der Waals surface area contributed by atoms with Crippen LogP contribution in [-0.2, 0) is 4.79 Å². The standard InChI is InChI=1S/C18H28N2O5S/c1-5-23-14-11-13(12-15(24-6-2)17(14)25-7-3)18(22)20-19-16(21)9-10-26-8-4/h11-12H,5-10H2,1-4H3,(H,19,21)(H,20,22). The van der Waals surface area contributed by atoms with E-state index in [2.05, 4.69) is 10.9 Å². The molecule has 0 radical (unpaired) electrons. The molecule has 8 heteroatoms. The molecule has 0 aliphatic rings. The Morgan fingerprint density at radius 1 is 0.923 bits per heavy atom. The Balaban J connectivity index is 2.89. The van der Waals surface area contributed by atoms with Gasteiger partial charge in [0.2, 0.25) is 11.7 Å². The molecule has 0 heterocycles. The van der Waals surface area contributed by atoms with E-state index in [1.807, 2.05) is 27.7 Å². The van der Waals surface area contributed by atoms with Gasteiger partial charge in [0.25, 0.3) is 5.91 Å². The highest BCUT2D eigenvalue weighted by Crippen LogP contribution is 2.39. The van der Waals surface area contributed by atoms with E-state index in [9.17, 15) is 9.59 Å². The number of carbonyl (C=O) groups is 2. The van der Waals surface area contributed by atoms with E-state index in [0.717, 1.165) is 5.75 Å². The van der Waals surface area contributed by atoms with E-state index >= 15 is 0 Å². The number of hydrogen-bond donors (Lipinski definition) is 2. The van der Waals surface area contributed by atoms with Gasteiger partial charge in [-0.05, 0) is 38.7 Å². The highest BCUT2D eigenvalue weighted by atomic mass is 32.2. The minimum Gasteiger partial charge on any atom is -0.490 e. The van der Waals surface area contributed by atoms with Gasteiger partial charge >= 0.3 is 0 Å². The number of hydrazine groups is 1. The first-order chi connectivity index (χ1) is 12.6. The Kier molecular flexibility index (Phi) is 10.4. The maximum atomic E-state index is 12.4. The van der Waals surface area contributed by atoms with Crippen LogP contribution in [0, 0.1) is 0 Å². The first-order valence-corrected chi connectivity index (χ1v) is 9.96. The number of amides is 2. The molecule has 0 fully saturated rings. The van der Waals surface area contributed by atoms with Crippen molar-refractivity contribution < 1.29 is 23.8 Å². The number of rotatable bonds is 11. The summed E-state index contributed by atoms with van der Waals surface area (Å²) >= 11 is 1.67. The number of ether oxygens (including phenoxy) is 3. The Labute approximate surface area is 159 Å². The van der Waals surface area contributed by atoms with E-state index in [0.29, 0.717) is 54.8 Å². The number of thioether (sulfide) groups is 1. The van der Waals surface area contributed by atoms with Gasteiger partial charge in [0.05, 0.1) is 19.8 Å². The molecule has 0 saturated carbocycles. The average Bonchev–Trinajstić information content (AvgIpc) is 2.62. The summed E-state index contributed by atoms with van der Waals surface area (Å²) in [5, 5.41) is 0. The molecule has 0 aliphatic carbocycles. The lowest BCUT2D eigenvalue weighted by atomic mass is 10.1. The van der Waals surface area contributed by atoms with E-state index < -0.39 is 5.91 Å². The van der Waals surface area contributed by atoms with Crippen LogP contribution in [0.4, 0.5) is 0 Å². The maximum absolute atomic E-state index is 12.4. The summed E-state index contributed by atoms with van der Waals surface area (Å²) in [4.78, 5) is 24.1. The first-order valence-electron chi connectivity index (χ1n) is 8.80. The molecule has 2 N–H and O–H groups in total. The first kappa shape index (κ1) is 22.0.